The summed E-state index contributed by atoms with van der Waals surface area (Å²) in [5.74, 6) is -0.240. The molecule has 1 fully saturated rings. The number of halogens is 2. The molecule has 1 saturated heterocycles. The van der Waals surface area contributed by atoms with Gasteiger partial charge < -0.3 is 10.1 Å². The van der Waals surface area contributed by atoms with Crippen LogP contribution >= 0.6 is 23.2 Å². The van der Waals surface area contributed by atoms with Gasteiger partial charge in [-0.15, -0.1) is 0 Å². The van der Waals surface area contributed by atoms with Crippen LogP contribution in [-0.4, -0.2) is 38.3 Å². The van der Waals surface area contributed by atoms with E-state index in [0.29, 0.717) is 35.4 Å². The van der Waals surface area contributed by atoms with E-state index in [1.165, 1.54) is 22.5 Å². The van der Waals surface area contributed by atoms with Crippen LogP contribution in [0.25, 0.3) is 0 Å². The number of nitrogens with zero attached hydrogens (tertiary/aromatic N) is 1. The molecular formula is C19H20Cl2N2O4S. The van der Waals surface area contributed by atoms with Crippen molar-refractivity contribution in [2.75, 3.05) is 25.0 Å². The lowest BCUT2D eigenvalue weighted by atomic mass is 10.2. The molecule has 1 amide bonds. The summed E-state index contributed by atoms with van der Waals surface area (Å²) in [5, 5.41) is 3.45. The van der Waals surface area contributed by atoms with Crippen LogP contribution in [0.15, 0.2) is 41.3 Å². The first-order valence-electron chi connectivity index (χ1n) is 8.85. The van der Waals surface area contributed by atoms with E-state index in [2.05, 4.69) is 5.32 Å². The Balaban J connectivity index is 1.94. The molecule has 0 atom stereocenters. The first-order chi connectivity index (χ1) is 13.3. The van der Waals surface area contributed by atoms with E-state index in [0.717, 1.165) is 12.8 Å². The summed E-state index contributed by atoms with van der Waals surface area (Å²) in [7, 11) is -3.75. The fourth-order valence-electron chi connectivity index (χ4n) is 3.02. The number of nitrogens with one attached hydrogen (secondary N) is 1. The monoisotopic (exact) mass is 442 g/mol. The van der Waals surface area contributed by atoms with Gasteiger partial charge in [0.15, 0.2) is 0 Å². The van der Waals surface area contributed by atoms with Crippen LogP contribution in [0.2, 0.25) is 10.0 Å². The number of carbonyl (C=O) groups is 1. The van der Waals surface area contributed by atoms with E-state index < -0.39 is 15.9 Å². The zero-order chi connectivity index (χ0) is 20.3. The molecule has 3 rings (SSSR count). The number of benzene rings is 2. The molecule has 2 aromatic carbocycles. The Hall–Kier alpha value is -1.80. The molecule has 1 N–H and O–H groups in total. The minimum Gasteiger partial charge on any atom is -0.492 e. The van der Waals surface area contributed by atoms with Crippen molar-refractivity contribution >= 4 is 44.8 Å². The summed E-state index contributed by atoms with van der Waals surface area (Å²) in [6, 6.07) is 9.04. The summed E-state index contributed by atoms with van der Waals surface area (Å²) < 4.78 is 33.0. The Morgan fingerprint density at radius 3 is 2.36 bits per heavy atom. The van der Waals surface area contributed by atoms with Gasteiger partial charge in [0.1, 0.15) is 10.6 Å². The van der Waals surface area contributed by atoms with E-state index in [9.17, 15) is 13.2 Å². The first kappa shape index (κ1) is 20.9. The van der Waals surface area contributed by atoms with E-state index in [4.69, 9.17) is 27.9 Å². The highest BCUT2D eigenvalue weighted by Crippen LogP contribution is 2.31. The van der Waals surface area contributed by atoms with Crippen LogP contribution in [-0.2, 0) is 10.0 Å². The molecule has 2 aromatic rings. The van der Waals surface area contributed by atoms with E-state index in [-0.39, 0.29) is 16.2 Å². The number of hydrogen-bond donors (Lipinski definition) is 1. The van der Waals surface area contributed by atoms with Crippen molar-refractivity contribution < 1.29 is 17.9 Å². The molecule has 0 aromatic heterocycles. The number of sulfonamides is 1. The Morgan fingerprint density at radius 2 is 1.75 bits per heavy atom. The third kappa shape index (κ3) is 4.60. The fourth-order valence-corrected chi connectivity index (χ4v) is 5.22. The minimum absolute atomic E-state index is 0.00646. The van der Waals surface area contributed by atoms with Gasteiger partial charge in [-0.05, 0) is 56.2 Å². The number of ether oxygens (including phenoxy) is 1. The normalized spacial score (nSPS) is 14.8. The Kier molecular flexibility index (Phi) is 6.50. The highest BCUT2D eigenvalue weighted by atomic mass is 35.5. The molecule has 9 heteroatoms. The molecule has 0 saturated carbocycles. The summed E-state index contributed by atoms with van der Waals surface area (Å²) in [6.45, 7) is 3.02. The van der Waals surface area contributed by atoms with Gasteiger partial charge in [-0.2, -0.15) is 4.31 Å². The Bertz CT molecular complexity index is 969. The highest BCUT2D eigenvalue weighted by Gasteiger charge is 2.30. The molecule has 0 spiro atoms. The van der Waals surface area contributed by atoms with Crippen molar-refractivity contribution in [3.63, 3.8) is 0 Å². The quantitative estimate of drug-likeness (QED) is 0.717. The summed E-state index contributed by atoms with van der Waals surface area (Å²) >= 11 is 11.9. The van der Waals surface area contributed by atoms with Crippen molar-refractivity contribution in [1.29, 1.82) is 0 Å². The van der Waals surface area contributed by atoms with E-state index in [1.54, 1.807) is 25.1 Å². The van der Waals surface area contributed by atoms with Gasteiger partial charge in [0, 0.05) is 34.4 Å². The fraction of sp³-hybridized carbons (Fsp3) is 0.316. The number of amides is 1. The lowest BCUT2D eigenvalue weighted by molar-refractivity contribution is 0.102. The average Bonchev–Trinajstić information content (AvgIpc) is 3.16. The maximum atomic E-state index is 13.0. The zero-order valence-corrected chi connectivity index (χ0v) is 17.6. The second kappa shape index (κ2) is 8.69. The second-order valence-corrected chi connectivity index (χ2v) is 9.10. The second-order valence-electron chi connectivity index (χ2n) is 6.32. The van der Waals surface area contributed by atoms with E-state index >= 15 is 0 Å². The van der Waals surface area contributed by atoms with Crippen molar-refractivity contribution in [2.45, 2.75) is 24.7 Å². The van der Waals surface area contributed by atoms with Crippen molar-refractivity contribution in [2.24, 2.45) is 0 Å². The van der Waals surface area contributed by atoms with Gasteiger partial charge in [0.25, 0.3) is 5.91 Å². The molecule has 1 aliphatic heterocycles. The van der Waals surface area contributed by atoms with Crippen LogP contribution in [0.3, 0.4) is 0 Å². The molecule has 1 heterocycles. The molecule has 0 aliphatic carbocycles. The van der Waals surface area contributed by atoms with E-state index in [1.807, 2.05) is 0 Å². The number of anilines is 1. The topological polar surface area (TPSA) is 75.7 Å². The summed E-state index contributed by atoms with van der Waals surface area (Å²) in [5.41, 5.74) is 0.609. The maximum absolute atomic E-state index is 13.0. The standard InChI is InChI=1S/C19H20Cl2N2O4S/c1-2-27-17-6-5-13(9-18(17)28(25,26)23-7-3-4-8-23)19(24)22-16-11-14(20)10-15(21)12-16/h5-6,9-12H,2-4,7-8H2,1H3,(H,22,24). The van der Waals surface area contributed by atoms with Crippen molar-refractivity contribution in [3.8, 4) is 5.75 Å². The molecule has 150 valence electrons. The van der Waals surface area contributed by atoms with Crippen LogP contribution in [0.5, 0.6) is 5.75 Å². The lowest BCUT2D eigenvalue weighted by Crippen LogP contribution is -2.28. The van der Waals surface area contributed by atoms with Crippen LogP contribution in [0, 0.1) is 0 Å². The zero-order valence-electron chi connectivity index (χ0n) is 15.2. The van der Waals surface area contributed by atoms with Crippen molar-refractivity contribution in [3.05, 3.63) is 52.0 Å². The Morgan fingerprint density at radius 1 is 1.11 bits per heavy atom. The number of hydrogen-bond acceptors (Lipinski definition) is 4. The average molecular weight is 443 g/mol. The maximum Gasteiger partial charge on any atom is 0.255 e. The van der Waals surface area contributed by atoms with Crippen LogP contribution in [0.1, 0.15) is 30.1 Å². The molecule has 0 unspecified atom stereocenters. The molecule has 6 nitrogen and oxygen atoms in total. The van der Waals surface area contributed by atoms with Gasteiger partial charge in [-0.25, -0.2) is 8.42 Å². The van der Waals surface area contributed by atoms with Gasteiger partial charge in [0.05, 0.1) is 6.61 Å². The molecule has 0 bridgehead atoms. The number of carbonyl (C=O) groups excluding carboxylic acids is 1. The number of rotatable bonds is 6. The first-order valence-corrected chi connectivity index (χ1v) is 11.1. The molecule has 1 aliphatic rings. The largest absolute Gasteiger partial charge is 0.492 e. The van der Waals surface area contributed by atoms with Crippen molar-refractivity contribution in [1.82, 2.24) is 4.31 Å². The smallest absolute Gasteiger partial charge is 0.255 e. The summed E-state index contributed by atoms with van der Waals surface area (Å²) in [6.07, 6.45) is 1.64. The molecule has 28 heavy (non-hydrogen) atoms. The van der Waals surface area contributed by atoms with Crippen LogP contribution in [0.4, 0.5) is 5.69 Å². The lowest BCUT2D eigenvalue weighted by Gasteiger charge is -2.19. The van der Waals surface area contributed by atoms with Gasteiger partial charge in [0.2, 0.25) is 10.0 Å². The molecular weight excluding hydrogens is 423 g/mol. The van der Waals surface area contributed by atoms with Gasteiger partial charge >= 0.3 is 0 Å². The predicted molar refractivity (Wildman–Crippen MR) is 110 cm³/mol. The predicted octanol–water partition coefficient (Wildman–Crippen LogP) is 4.43. The molecule has 0 radical (unpaired) electrons. The third-order valence-corrected chi connectivity index (χ3v) is 6.67. The minimum atomic E-state index is -3.75. The highest BCUT2D eigenvalue weighted by molar-refractivity contribution is 7.89. The van der Waals surface area contributed by atoms with Gasteiger partial charge in [-0.3, -0.25) is 4.79 Å². The third-order valence-electron chi connectivity index (χ3n) is 4.31. The van der Waals surface area contributed by atoms with Gasteiger partial charge in [-0.1, -0.05) is 23.2 Å². The van der Waals surface area contributed by atoms with Crippen LogP contribution < -0.4 is 10.1 Å². The Labute approximate surface area is 174 Å². The SMILES string of the molecule is CCOc1ccc(C(=O)Nc2cc(Cl)cc(Cl)c2)cc1S(=O)(=O)N1CCCC1. The summed E-state index contributed by atoms with van der Waals surface area (Å²) in [4.78, 5) is 12.7.